The Morgan fingerprint density at radius 2 is 0.840 bits per heavy atom. The number of aliphatic hydroxyl groups is 1. The first-order chi connectivity index (χ1) is 11.1. The minimum Gasteiger partial charge on any atom is -1.00 e. The fourth-order valence-electron chi connectivity index (χ4n) is 1.76. The quantitative estimate of drug-likeness (QED) is 0.347. The summed E-state index contributed by atoms with van der Waals surface area (Å²) >= 11 is 0. The molecule has 3 nitrogen and oxygen atoms in total. The summed E-state index contributed by atoms with van der Waals surface area (Å²) in [4.78, 5) is 0. The third-order valence-electron chi connectivity index (χ3n) is 2.90. The van der Waals surface area contributed by atoms with Crippen LogP contribution in [0.3, 0.4) is 0 Å². The van der Waals surface area contributed by atoms with Crippen LogP contribution in [0.15, 0.2) is 0 Å². The van der Waals surface area contributed by atoms with Gasteiger partial charge in [-0.2, -0.15) is 8.78 Å². The highest BCUT2D eigenvalue weighted by Gasteiger charge is 2.33. The number of benzene rings is 2. The van der Waals surface area contributed by atoms with Crippen molar-refractivity contribution in [1.82, 2.24) is 0 Å². The molecule has 25 heavy (non-hydrogen) atoms. The molecule has 0 amide bonds. The van der Waals surface area contributed by atoms with Crippen molar-refractivity contribution < 1.29 is 58.4 Å². The van der Waals surface area contributed by atoms with Gasteiger partial charge in [0.2, 0.25) is 17.3 Å². The Morgan fingerprint density at radius 3 is 1.12 bits per heavy atom. The maximum Gasteiger partial charge on any atom is 0.223 e. The van der Waals surface area contributed by atoms with Crippen LogP contribution in [-0.4, -0.2) is 12.2 Å². The molecule has 140 valence electrons. The van der Waals surface area contributed by atoms with Gasteiger partial charge in [0.15, 0.2) is 34.9 Å². The van der Waals surface area contributed by atoms with E-state index in [0.29, 0.717) is 0 Å². The number of hydrogen-bond donors (Lipinski definition) is 3. The van der Waals surface area contributed by atoms with Gasteiger partial charge in [-0.15, -0.1) is 0 Å². The van der Waals surface area contributed by atoms with Gasteiger partial charge in [0.05, 0.1) is 11.1 Å². The maximum atomic E-state index is 13.7. The van der Waals surface area contributed by atoms with Crippen molar-refractivity contribution in [2.45, 2.75) is 0 Å². The summed E-state index contributed by atoms with van der Waals surface area (Å²) in [7, 11) is 1.00. The molecule has 0 bridgehead atoms. The van der Waals surface area contributed by atoms with Crippen molar-refractivity contribution in [2.75, 3.05) is 12.8 Å². The van der Waals surface area contributed by atoms with Gasteiger partial charge in [0.25, 0.3) is 0 Å². The van der Waals surface area contributed by atoms with Crippen LogP contribution in [0.2, 0.25) is 0 Å². The van der Waals surface area contributed by atoms with Crippen LogP contribution in [0, 0.1) is 46.5 Å². The zero-order valence-corrected chi connectivity index (χ0v) is 12.9. The molecule has 0 unspecified atom stereocenters. The van der Waals surface area contributed by atoms with Crippen LogP contribution >= 0.6 is 0 Å². The zero-order valence-electron chi connectivity index (χ0n) is 12.1. The Labute approximate surface area is 141 Å². The molecule has 0 aliphatic rings. The largest absolute Gasteiger partial charge is 1.00 e. The van der Waals surface area contributed by atoms with Crippen LogP contribution in [0.5, 0.6) is 0 Å². The van der Waals surface area contributed by atoms with Gasteiger partial charge in [-0.3, -0.25) is 0 Å². The summed E-state index contributed by atoms with van der Waals surface area (Å²) in [6, 6.07) is 0. The molecule has 2 aromatic carbocycles. The lowest BCUT2D eigenvalue weighted by molar-refractivity contribution is -0.263. The lowest BCUT2D eigenvalue weighted by Gasteiger charge is -2.12. The van der Waals surface area contributed by atoms with E-state index in [1.54, 1.807) is 0 Å². The highest BCUT2D eigenvalue weighted by molar-refractivity contribution is 5.71. The van der Waals surface area contributed by atoms with E-state index in [1.807, 2.05) is 0 Å². The first-order valence-electron chi connectivity index (χ1n) is 5.85. The van der Waals surface area contributed by atoms with E-state index in [4.69, 9.17) is 10.8 Å². The molecule has 0 aromatic heterocycles. The molecule has 0 saturated carbocycles. The molecular formula is C13H9ClF8N2O. The normalized spacial score (nSPS) is 10.0. The van der Waals surface area contributed by atoms with E-state index in [9.17, 15) is 35.1 Å². The van der Waals surface area contributed by atoms with E-state index in [1.165, 1.54) is 0 Å². The SMILES string of the molecule is CO.Nc1c(F)c(F)c(-c2c(F)c(F)c([NH3+])c(F)c2F)c(F)c1F.[Cl-]. The number of hydrogen-bond acceptors (Lipinski definition) is 2. The fourth-order valence-corrected chi connectivity index (χ4v) is 1.76. The second kappa shape index (κ2) is 8.32. The zero-order chi connectivity index (χ0) is 18.9. The first-order valence-corrected chi connectivity index (χ1v) is 5.85. The maximum absolute atomic E-state index is 13.7. The molecule has 0 saturated heterocycles. The number of quaternary nitrogens is 1. The van der Waals surface area contributed by atoms with Crippen LogP contribution in [0.4, 0.5) is 46.5 Å². The summed E-state index contributed by atoms with van der Waals surface area (Å²) in [5.74, 6) is -17.6. The van der Waals surface area contributed by atoms with Gasteiger partial charge >= 0.3 is 0 Å². The van der Waals surface area contributed by atoms with E-state index >= 15 is 0 Å². The van der Waals surface area contributed by atoms with E-state index < -0.39 is 69.0 Å². The lowest BCUT2D eigenvalue weighted by atomic mass is 10.0. The Bertz CT molecular complexity index is 690. The number of halogens is 9. The third-order valence-corrected chi connectivity index (χ3v) is 2.90. The van der Waals surface area contributed by atoms with Gasteiger partial charge in [-0.05, 0) is 0 Å². The smallest absolute Gasteiger partial charge is 0.223 e. The van der Waals surface area contributed by atoms with Crippen molar-refractivity contribution in [3.8, 4) is 11.1 Å². The van der Waals surface area contributed by atoms with E-state index in [-0.39, 0.29) is 12.4 Å². The molecule has 0 fully saturated rings. The van der Waals surface area contributed by atoms with E-state index in [2.05, 4.69) is 5.73 Å². The third kappa shape index (κ3) is 3.48. The number of anilines is 1. The highest BCUT2D eigenvalue weighted by Crippen LogP contribution is 2.38. The van der Waals surface area contributed by atoms with E-state index in [0.717, 1.165) is 7.11 Å². The Kier molecular flexibility index (Phi) is 7.62. The summed E-state index contributed by atoms with van der Waals surface area (Å²) in [5, 5.41) is 7.00. The molecule has 0 heterocycles. The summed E-state index contributed by atoms with van der Waals surface area (Å²) < 4.78 is 108. The molecule has 2 aromatic rings. The molecule has 12 heteroatoms. The average molecular weight is 397 g/mol. The van der Waals surface area contributed by atoms with Gasteiger partial charge in [0, 0.05) is 7.11 Å². The number of nitrogen functional groups attached to an aromatic ring is 1. The average Bonchev–Trinajstić information content (AvgIpc) is 2.59. The van der Waals surface area contributed by atoms with Gasteiger partial charge in [-0.25, -0.2) is 26.3 Å². The molecule has 2 rings (SSSR count). The van der Waals surface area contributed by atoms with Gasteiger partial charge in [0.1, 0.15) is 5.69 Å². The van der Waals surface area contributed by atoms with Crippen LogP contribution in [-0.2, 0) is 0 Å². The van der Waals surface area contributed by atoms with Crippen molar-refractivity contribution in [2.24, 2.45) is 0 Å². The minimum absolute atomic E-state index is 0. The molecule has 6 N–H and O–H groups in total. The van der Waals surface area contributed by atoms with Crippen LogP contribution < -0.4 is 23.9 Å². The van der Waals surface area contributed by atoms with Crippen molar-refractivity contribution in [3.63, 3.8) is 0 Å². The topological polar surface area (TPSA) is 73.9 Å². The minimum atomic E-state index is -2.30. The summed E-state index contributed by atoms with van der Waals surface area (Å²) in [6.07, 6.45) is 0. The Hall–Kier alpha value is -2.11. The lowest BCUT2D eigenvalue weighted by Crippen LogP contribution is -3.00. The Morgan fingerprint density at radius 1 is 0.600 bits per heavy atom. The monoisotopic (exact) mass is 396 g/mol. The predicted octanol–water partition coefficient (Wildman–Crippen LogP) is -0.466. The second-order valence-electron chi connectivity index (χ2n) is 4.15. The number of rotatable bonds is 1. The second-order valence-corrected chi connectivity index (χ2v) is 4.15. The fraction of sp³-hybridized carbons (Fsp3) is 0.0769. The van der Waals surface area contributed by atoms with Gasteiger partial charge < -0.3 is 29.0 Å². The van der Waals surface area contributed by atoms with Crippen molar-refractivity contribution in [1.29, 1.82) is 0 Å². The number of nitrogens with two attached hydrogens (primary N) is 1. The molecule has 0 atom stereocenters. The standard InChI is InChI=1S/C12H4F8N2.CH4O.ClH/c13-3-1(4(14)8(18)11(21)7(3)17)2-5(15)9(19)12(22)10(20)6(2)16;1-2;/h21-22H2;2H,1H3;1H. The van der Waals surface area contributed by atoms with Crippen LogP contribution in [0.25, 0.3) is 11.1 Å². The van der Waals surface area contributed by atoms with Gasteiger partial charge in [-0.1, -0.05) is 0 Å². The molecule has 0 aliphatic heterocycles. The predicted molar refractivity (Wildman–Crippen MR) is 66.6 cm³/mol. The van der Waals surface area contributed by atoms with Crippen LogP contribution in [0.1, 0.15) is 0 Å². The molecule has 0 radical (unpaired) electrons. The Balaban J connectivity index is 0.00000185. The molecule has 0 aliphatic carbocycles. The first kappa shape index (κ1) is 22.9. The molecule has 0 spiro atoms. The number of aliphatic hydroxyl groups excluding tert-OH is 1. The molecular weight excluding hydrogens is 388 g/mol. The van der Waals surface area contributed by atoms with Crippen molar-refractivity contribution in [3.05, 3.63) is 46.5 Å². The summed E-state index contributed by atoms with van der Waals surface area (Å²) in [5.41, 5.74) is 0.550. The summed E-state index contributed by atoms with van der Waals surface area (Å²) in [6.45, 7) is 0. The highest BCUT2D eigenvalue weighted by atomic mass is 35.5. The van der Waals surface area contributed by atoms with Crippen molar-refractivity contribution >= 4 is 11.4 Å².